The Bertz CT molecular complexity index is 1400. The summed E-state index contributed by atoms with van der Waals surface area (Å²) in [6, 6.07) is 20.6. The first-order valence-electron chi connectivity index (χ1n) is 10.7. The fraction of sp³-hybridized carbons (Fsp3) is 0.154. The zero-order valence-electron chi connectivity index (χ0n) is 18.7. The van der Waals surface area contributed by atoms with Gasteiger partial charge in [-0.3, -0.25) is 23.9 Å². The second-order valence-electron chi connectivity index (χ2n) is 7.86. The van der Waals surface area contributed by atoms with Crippen molar-refractivity contribution in [2.24, 2.45) is 0 Å². The molecule has 0 saturated heterocycles. The highest BCUT2D eigenvalue weighted by Gasteiger charge is 2.25. The lowest BCUT2D eigenvalue weighted by molar-refractivity contribution is -0.118. The lowest BCUT2D eigenvalue weighted by Crippen LogP contribution is -2.39. The molecule has 1 heterocycles. The highest BCUT2D eigenvalue weighted by molar-refractivity contribution is 5.95. The number of hydrogen-bond acceptors (Lipinski definition) is 4. The van der Waals surface area contributed by atoms with Crippen molar-refractivity contribution in [1.29, 1.82) is 0 Å². The van der Waals surface area contributed by atoms with Crippen LogP contribution in [0.4, 0.5) is 15.9 Å². The fourth-order valence-electron chi connectivity index (χ4n) is 3.70. The lowest BCUT2D eigenvalue weighted by Gasteiger charge is -2.23. The SMILES string of the molecule is CC(=O)N(Cc1ccccc1)c1nc2ccccc2n([C@@H](C)C(=O)Nc2ccc(F)cc2)c1=O. The van der Waals surface area contributed by atoms with Crippen LogP contribution >= 0.6 is 0 Å². The van der Waals surface area contributed by atoms with Crippen molar-refractivity contribution in [3.63, 3.8) is 0 Å². The first-order valence-corrected chi connectivity index (χ1v) is 10.7. The molecule has 7 nitrogen and oxygen atoms in total. The van der Waals surface area contributed by atoms with Gasteiger partial charge in [0.15, 0.2) is 0 Å². The summed E-state index contributed by atoms with van der Waals surface area (Å²) in [6.45, 7) is 3.12. The average molecular weight is 458 g/mol. The molecule has 4 rings (SSSR count). The van der Waals surface area contributed by atoms with Crippen LogP contribution in [0.15, 0.2) is 83.7 Å². The summed E-state index contributed by atoms with van der Waals surface area (Å²) in [5, 5.41) is 2.70. The van der Waals surface area contributed by atoms with E-state index in [0.29, 0.717) is 16.7 Å². The van der Waals surface area contributed by atoms with Gasteiger partial charge in [0.2, 0.25) is 17.6 Å². The molecule has 8 heteroatoms. The molecule has 0 radical (unpaired) electrons. The predicted octanol–water partition coefficient (Wildman–Crippen LogP) is 4.29. The highest BCUT2D eigenvalue weighted by atomic mass is 19.1. The van der Waals surface area contributed by atoms with Crippen molar-refractivity contribution >= 4 is 34.4 Å². The molecule has 0 unspecified atom stereocenters. The minimum atomic E-state index is -0.935. The van der Waals surface area contributed by atoms with E-state index < -0.39 is 23.3 Å². The Balaban J connectivity index is 1.79. The van der Waals surface area contributed by atoms with Crippen LogP contribution in [0.2, 0.25) is 0 Å². The topological polar surface area (TPSA) is 84.3 Å². The maximum absolute atomic E-state index is 13.6. The van der Waals surface area contributed by atoms with Crippen molar-refractivity contribution < 1.29 is 14.0 Å². The Morgan fingerprint density at radius 1 is 1.00 bits per heavy atom. The molecular weight excluding hydrogens is 435 g/mol. The van der Waals surface area contributed by atoms with E-state index in [0.717, 1.165) is 5.56 Å². The van der Waals surface area contributed by atoms with Crippen molar-refractivity contribution in [3.8, 4) is 0 Å². The van der Waals surface area contributed by atoms with Gasteiger partial charge in [0.1, 0.15) is 11.9 Å². The van der Waals surface area contributed by atoms with E-state index in [-0.39, 0.29) is 18.3 Å². The fourth-order valence-corrected chi connectivity index (χ4v) is 3.70. The number of benzene rings is 3. The largest absolute Gasteiger partial charge is 0.324 e. The number of anilines is 2. The van der Waals surface area contributed by atoms with Crippen LogP contribution in [-0.2, 0) is 16.1 Å². The Hall–Kier alpha value is -4.33. The number of amides is 2. The van der Waals surface area contributed by atoms with Gasteiger partial charge in [0.25, 0.3) is 5.56 Å². The quantitative estimate of drug-likeness (QED) is 0.467. The molecule has 4 aromatic rings. The average Bonchev–Trinajstić information content (AvgIpc) is 2.84. The van der Waals surface area contributed by atoms with E-state index in [1.807, 2.05) is 30.3 Å². The van der Waals surface area contributed by atoms with E-state index >= 15 is 0 Å². The van der Waals surface area contributed by atoms with Gasteiger partial charge in [-0.05, 0) is 48.9 Å². The van der Waals surface area contributed by atoms with Gasteiger partial charge in [-0.15, -0.1) is 0 Å². The molecule has 0 aliphatic carbocycles. The van der Waals surface area contributed by atoms with Gasteiger partial charge >= 0.3 is 0 Å². The molecular formula is C26H23FN4O3. The summed E-state index contributed by atoms with van der Waals surface area (Å²) in [4.78, 5) is 45.0. The smallest absolute Gasteiger partial charge is 0.295 e. The maximum Gasteiger partial charge on any atom is 0.295 e. The third-order valence-electron chi connectivity index (χ3n) is 5.48. The molecule has 1 N–H and O–H groups in total. The molecule has 1 atom stereocenters. The van der Waals surface area contributed by atoms with E-state index in [2.05, 4.69) is 10.3 Å². The van der Waals surface area contributed by atoms with Crippen LogP contribution in [0.3, 0.4) is 0 Å². The third kappa shape index (κ3) is 4.71. The van der Waals surface area contributed by atoms with Crippen molar-refractivity contribution in [2.45, 2.75) is 26.4 Å². The number of aromatic nitrogens is 2. The number of rotatable bonds is 6. The van der Waals surface area contributed by atoms with Crippen LogP contribution in [0.5, 0.6) is 0 Å². The van der Waals surface area contributed by atoms with Gasteiger partial charge in [-0.2, -0.15) is 0 Å². The number of hydrogen-bond donors (Lipinski definition) is 1. The number of nitrogens with zero attached hydrogens (tertiary/aromatic N) is 3. The number of halogens is 1. The Morgan fingerprint density at radius 3 is 2.32 bits per heavy atom. The van der Waals surface area contributed by atoms with E-state index in [9.17, 15) is 18.8 Å². The summed E-state index contributed by atoms with van der Waals surface area (Å²) >= 11 is 0. The van der Waals surface area contributed by atoms with Crippen molar-refractivity contribution in [1.82, 2.24) is 9.55 Å². The molecule has 1 aromatic heterocycles. The molecule has 0 bridgehead atoms. The molecule has 0 fully saturated rings. The first-order chi connectivity index (χ1) is 16.3. The number of carbonyl (C=O) groups is 2. The monoisotopic (exact) mass is 458 g/mol. The van der Waals surface area contributed by atoms with Crippen LogP contribution in [0.25, 0.3) is 11.0 Å². The molecule has 0 aliphatic heterocycles. The maximum atomic E-state index is 13.6. The van der Waals surface area contributed by atoms with E-state index in [1.165, 1.54) is 40.7 Å². The summed E-state index contributed by atoms with van der Waals surface area (Å²) in [5.41, 5.74) is 1.60. The third-order valence-corrected chi connectivity index (χ3v) is 5.48. The van der Waals surface area contributed by atoms with Crippen LogP contribution < -0.4 is 15.8 Å². The summed E-state index contributed by atoms with van der Waals surface area (Å²) in [6.07, 6.45) is 0. The van der Waals surface area contributed by atoms with Gasteiger partial charge in [-0.25, -0.2) is 9.37 Å². The van der Waals surface area contributed by atoms with E-state index in [4.69, 9.17) is 0 Å². The Kier molecular flexibility index (Phi) is 6.49. The molecule has 0 spiro atoms. The minimum absolute atomic E-state index is 0.0588. The molecule has 3 aromatic carbocycles. The minimum Gasteiger partial charge on any atom is -0.324 e. The summed E-state index contributed by atoms with van der Waals surface area (Å²) < 4.78 is 14.6. The molecule has 172 valence electrons. The molecule has 2 amide bonds. The molecule has 0 aliphatic rings. The zero-order chi connectivity index (χ0) is 24.2. The second-order valence-corrected chi connectivity index (χ2v) is 7.86. The standard InChI is InChI=1S/C26H23FN4O3/c1-17(25(33)28-21-14-12-20(27)13-15-21)31-23-11-7-6-10-22(23)29-24(26(31)34)30(18(2)32)16-19-8-4-3-5-9-19/h3-15,17H,16H2,1-2H3,(H,28,33)/t17-/m0/s1. The molecule has 34 heavy (non-hydrogen) atoms. The number of para-hydroxylation sites is 2. The predicted molar refractivity (Wildman–Crippen MR) is 129 cm³/mol. The van der Waals surface area contributed by atoms with E-state index in [1.54, 1.807) is 31.2 Å². The van der Waals surface area contributed by atoms with Crippen LogP contribution in [0, 0.1) is 5.82 Å². The number of nitrogens with one attached hydrogen (secondary N) is 1. The second kappa shape index (κ2) is 9.66. The lowest BCUT2D eigenvalue weighted by atomic mass is 10.2. The number of carbonyl (C=O) groups excluding carboxylic acids is 2. The summed E-state index contributed by atoms with van der Waals surface area (Å²) in [5.74, 6) is -1.29. The normalized spacial score (nSPS) is 11.7. The van der Waals surface area contributed by atoms with Gasteiger partial charge in [0.05, 0.1) is 17.6 Å². The van der Waals surface area contributed by atoms with Gasteiger partial charge in [-0.1, -0.05) is 42.5 Å². The van der Waals surface area contributed by atoms with Crippen LogP contribution in [-0.4, -0.2) is 21.4 Å². The van der Waals surface area contributed by atoms with Gasteiger partial charge in [0, 0.05) is 12.6 Å². The van der Waals surface area contributed by atoms with Crippen molar-refractivity contribution in [3.05, 3.63) is 101 Å². The first kappa shape index (κ1) is 22.8. The highest BCUT2D eigenvalue weighted by Crippen LogP contribution is 2.21. The van der Waals surface area contributed by atoms with Gasteiger partial charge < -0.3 is 5.32 Å². The Labute approximate surface area is 195 Å². The van der Waals surface area contributed by atoms with Crippen molar-refractivity contribution in [2.75, 3.05) is 10.2 Å². The molecule has 0 saturated carbocycles. The number of fused-ring (bicyclic) bond motifs is 1. The Morgan fingerprint density at radius 2 is 1.65 bits per heavy atom. The van der Waals surface area contributed by atoms with Crippen LogP contribution in [0.1, 0.15) is 25.5 Å². The summed E-state index contributed by atoms with van der Waals surface area (Å²) in [7, 11) is 0. The zero-order valence-corrected chi connectivity index (χ0v) is 18.7.